The summed E-state index contributed by atoms with van der Waals surface area (Å²) < 4.78 is 5.40. The van der Waals surface area contributed by atoms with Gasteiger partial charge in [0.15, 0.2) is 6.61 Å². The fourth-order valence-corrected chi connectivity index (χ4v) is 1.84. The molecule has 1 aromatic heterocycles. The first kappa shape index (κ1) is 16.5. The van der Waals surface area contributed by atoms with Gasteiger partial charge in [0.1, 0.15) is 5.75 Å². The highest BCUT2D eigenvalue weighted by molar-refractivity contribution is 5.90. The fourth-order valence-electron chi connectivity index (χ4n) is 1.84. The van der Waals surface area contributed by atoms with E-state index in [0.717, 1.165) is 5.69 Å². The Kier molecular flexibility index (Phi) is 6.17. The summed E-state index contributed by atoms with van der Waals surface area (Å²) in [7, 11) is 0. The van der Waals surface area contributed by atoms with E-state index in [9.17, 15) is 9.59 Å². The standard InChI is InChI=1S/C16H20N4O3/c1-2-15(21)20-12-3-5-14(6-4-12)23-10-16(22)18-8-7-13-9-17-11-19-13/h3-6,9,11H,2,7-8,10H2,1H3,(H,17,19)(H,18,22)(H,20,21). The first-order valence-corrected chi connectivity index (χ1v) is 7.44. The Morgan fingerprint density at radius 2 is 2.00 bits per heavy atom. The van der Waals surface area contributed by atoms with E-state index < -0.39 is 0 Å². The van der Waals surface area contributed by atoms with Crippen LogP contribution in [-0.2, 0) is 16.0 Å². The highest BCUT2D eigenvalue weighted by Gasteiger charge is 2.04. The van der Waals surface area contributed by atoms with E-state index in [0.29, 0.717) is 30.8 Å². The Morgan fingerprint density at radius 1 is 1.22 bits per heavy atom. The number of hydrogen-bond donors (Lipinski definition) is 3. The molecule has 2 aromatic rings. The third kappa shape index (κ3) is 5.82. The van der Waals surface area contributed by atoms with Gasteiger partial charge in [-0.05, 0) is 24.3 Å². The normalized spacial score (nSPS) is 10.1. The van der Waals surface area contributed by atoms with Crippen LogP contribution >= 0.6 is 0 Å². The summed E-state index contributed by atoms with van der Waals surface area (Å²) in [5.41, 5.74) is 1.67. The second kappa shape index (κ2) is 8.57. The van der Waals surface area contributed by atoms with Crippen molar-refractivity contribution in [1.29, 1.82) is 0 Å². The van der Waals surface area contributed by atoms with Crippen molar-refractivity contribution in [3.63, 3.8) is 0 Å². The van der Waals surface area contributed by atoms with Crippen LogP contribution in [0.2, 0.25) is 0 Å². The largest absolute Gasteiger partial charge is 0.484 e. The molecule has 3 N–H and O–H groups in total. The number of rotatable bonds is 8. The van der Waals surface area contributed by atoms with Gasteiger partial charge in [0, 0.05) is 37.0 Å². The Morgan fingerprint density at radius 3 is 2.65 bits per heavy atom. The molecule has 0 saturated heterocycles. The summed E-state index contributed by atoms with van der Waals surface area (Å²) in [6, 6.07) is 6.89. The van der Waals surface area contributed by atoms with Gasteiger partial charge in [-0.3, -0.25) is 9.59 Å². The van der Waals surface area contributed by atoms with Crippen molar-refractivity contribution in [2.45, 2.75) is 19.8 Å². The van der Waals surface area contributed by atoms with Crippen molar-refractivity contribution in [1.82, 2.24) is 15.3 Å². The molecule has 2 rings (SSSR count). The van der Waals surface area contributed by atoms with Crippen molar-refractivity contribution < 1.29 is 14.3 Å². The van der Waals surface area contributed by atoms with Crippen molar-refractivity contribution in [2.75, 3.05) is 18.5 Å². The fraction of sp³-hybridized carbons (Fsp3) is 0.312. The van der Waals surface area contributed by atoms with E-state index in [4.69, 9.17) is 4.74 Å². The number of benzene rings is 1. The highest BCUT2D eigenvalue weighted by Crippen LogP contribution is 2.15. The summed E-state index contributed by atoms with van der Waals surface area (Å²) >= 11 is 0. The molecule has 122 valence electrons. The van der Waals surface area contributed by atoms with Crippen LogP contribution in [0.1, 0.15) is 19.0 Å². The predicted octanol–water partition coefficient (Wildman–Crippen LogP) is 1.50. The van der Waals surface area contributed by atoms with Crippen LogP contribution < -0.4 is 15.4 Å². The van der Waals surface area contributed by atoms with E-state index in [1.807, 2.05) is 0 Å². The van der Waals surface area contributed by atoms with Crippen LogP contribution in [0.15, 0.2) is 36.8 Å². The number of nitrogens with one attached hydrogen (secondary N) is 3. The lowest BCUT2D eigenvalue weighted by Crippen LogP contribution is -2.30. The van der Waals surface area contributed by atoms with Crippen molar-refractivity contribution in [3.8, 4) is 5.75 Å². The van der Waals surface area contributed by atoms with Crippen LogP contribution in [0.4, 0.5) is 5.69 Å². The minimum atomic E-state index is -0.187. The van der Waals surface area contributed by atoms with Crippen LogP contribution in [-0.4, -0.2) is 34.9 Å². The van der Waals surface area contributed by atoms with E-state index in [2.05, 4.69) is 20.6 Å². The van der Waals surface area contributed by atoms with E-state index in [-0.39, 0.29) is 18.4 Å². The number of H-pyrrole nitrogens is 1. The van der Waals surface area contributed by atoms with Gasteiger partial charge in [-0.25, -0.2) is 4.98 Å². The SMILES string of the molecule is CCC(=O)Nc1ccc(OCC(=O)NCCc2cnc[nH]2)cc1. The van der Waals surface area contributed by atoms with Crippen LogP contribution in [0.5, 0.6) is 5.75 Å². The van der Waals surface area contributed by atoms with Crippen molar-refractivity contribution in [3.05, 3.63) is 42.5 Å². The summed E-state index contributed by atoms with van der Waals surface area (Å²) in [5.74, 6) is 0.339. The monoisotopic (exact) mass is 316 g/mol. The Bertz CT molecular complexity index is 623. The minimum absolute atomic E-state index is 0.0460. The second-order valence-corrected chi connectivity index (χ2v) is 4.89. The highest BCUT2D eigenvalue weighted by atomic mass is 16.5. The molecular weight excluding hydrogens is 296 g/mol. The van der Waals surface area contributed by atoms with Crippen LogP contribution in [0.3, 0.4) is 0 Å². The maximum atomic E-state index is 11.7. The molecule has 2 amide bonds. The first-order valence-electron chi connectivity index (χ1n) is 7.44. The molecule has 0 fully saturated rings. The topological polar surface area (TPSA) is 96.1 Å². The third-order valence-corrected chi connectivity index (χ3v) is 3.10. The van der Waals surface area contributed by atoms with E-state index >= 15 is 0 Å². The van der Waals surface area contributed by atoms with Crippen molar-refractivity contribution in [2.24, 2.45) is 0 Å². The van der Waals surface area contributed by atoms with Crippen LogP contribution in [0, 0.1) is 0 Å². The maximum absolute atomic E-state index is 11.7. The average Bonchev–Trinajstić information content (AvgIpc) is 3.07. The van der Waals surface area contributed by atoms with Gasteiger partial charge in [-0.2, -0.15) is 0 Å². The molecule has 0 radical (unpaired) electrons. The molecule has 0 aliphatic carbocycles. The number of anilines is 1. The summed E-state index contributed by atoms with van der Waals surface area (Å²) in [6.07, 6.45) is 4.45. The maximum Gasteiger partial charge on any atom is 0.257 e. The van der Waals surface area contributed by atoms with Gasteiger partial charge in [0.05, 0.1) is 6.33 Å². The molecular formula is C16H20N4O3. The molecule has 1 aromatic carbocycles. The van der Waals surface area contributed by atoms with Gasteiger partial charge < -0.3 is 20.4 Å². The molecule has 0 aliphatic heterocycles. The number of hydrogen-bond acceptors (Lipinski definition) is 4. The first-order chi connectivity index (χ1) is 11.2. The molecule has 0 unspecified atom stereocenters. The van der Waals surface area contributed by atoms with Crippen molar-refractivity contribution >= 4 is 17.5 Å². The number of carbonyl (C=O) groups is 2. The summed E-state index contributed by atoms with van der Waals surface area (Å²) in [6.45, 7) is 2.26. The lowest BCUT2D eigenvalue weighted by atomic mass is 10.3. The van der Waals surface area contributed by atoms with Gasteiger partial charge in [0.25, 0.3) is 5.91 Å². The predicted molar refractivity (Wildman–Crippen MR) is 86.2 cm³/mol. The molecule has 0 aliphatic rings. The molecule has 1 heterocycles. The molecule has 23 heavy (non-hydrogen) atoms. The van der Waals surface area contributed by atoms with Gasteiger partial charge >= 0.3 is 0 Å². The quantitative estimate of drug-likeness (QED) is 0.687. The second-order valence-electron chi connectivity index (χ2n) is 4.89. The van der Waals surface area contributed by atoms with E-state index in [1.54, 1.807) is 43.7 Å². The number of amides is 2. The Labute approximate surface area is 134 Å². The molecule has 7 heteroatoms. The number of aromatic amines is 1. The molecule has 7 nitrogen and oxygen atoms in total. The number of aromatic nitrogens is 2. The number of ether oxygens (including phenoxy) is 1. The minimum Gasteiger partial charge on any atom is -0.484 e. The van der Waals surface area contributed by atoms with Gasteiger partial charge in [0.2, 0.25) is 5.91 Å². The molecule has 0 saturated carbocycles. The zero-order chi connectivity index (χ0) is 16.5. The lowest BCUT2D eigenvalue weighted by Gasteiger charge is -2.08. The number of imidazole rings is 1. The van der Waals surface area contributed by atoms with E-state index in [1.165, 1.54) is 0 Å². The lowest BCUT2D eigenvalue weighted by molar-refractivity contribution is -0.123. The zero-order valence-corrected chi connectivity index (χ0v) is 13.0. The number of nitrogens with zero attached hydrogens (tertiary/aromatic N) is 1. The number of carbonyl (C=O) groups excluding carboxylic acids is 2. The smallest absolute Gasteiger partial charge is 0.257 e. The molecule has 0 spiro atoms. The average molecular weight is 316 g/mol. The summed E-state index contributed by atoms with van der Waals surface area (Å²) in [4.78, 5) is 29.8. The zero-order valence-electron chi connectivity index (χ0n) is 13.0. The van der Waals surface area contributed by atoms with Gasteiger partial charge in [-0.15, -0.1) is 0 Å². The van der Waals surface area contributed by atoms with Crippen LogP contribution in [0.25, 0.3) is 0 Å². The summed E-state index contributed by atoms with van der Waals surface area (Å²) in [5, 5.41) is 5.51. The van der Waals surface area contributed by atoms with Gasteiger partial charge in [-0.1, -0.05) is 6.92 Å². The Hall–Kier alpha value is -2.83. The molecule has 0 bridgehead atoms. The Balaban J connectivity index is 1.68. The molecule has 0 atom stereocenters. The third-order valence-electron chi connectivity index (χ3n) is 3.10.